The normalized spacial score (nSPS) is 9.86. The molecule has 114 valence electrons. The Morgan fingerprint density at radius 1 is 1.36 bits per heavy atom. The van der Waals surface area contributed by atoms with Gasteiger partial charge in [-0.05, 0) is 12.1 Å². The average Bonchev–Trinajstić information content (AvgIpc) is 2.55. The van der Waals surface area contributed by atoms with Gasteiger partial charge in [0, 0.05) is 6.54 Å². The first-order valence-electron chi connectivity index (χ1n) is 6.57. The highest BCUT2D eigenvalue weighted by atomic mass is 16.5. The van der Waals surface area contributed by atoms with Gasteiger partial charge in [0.15, 0.2) is 11.6 Å². The van der Waals surface area contributed by atoms with Gasteiger partial charge in [-0.1, -0.05) is 18.2 Å². The van der Waals surface area contributed by atoms with Crippen molar-refractivity contribution < 1.29 is 9.53 Å². The fraction of sp³-hybridized carbons (Fsp3) is 0.133. The van der Waals surface area contributed by atoms with E-state index in [1.807, 2.05) is 0 Å². The quantitative estimate of drug-likeness (QED) is 0.555. The SMILES string of the molecule is C=CCNc1ncnc(Nc2ccccc2C(=O)OC)c1N. The zero-order valence-electron chi connectivity index (χ0n) is 12.2. The van der Waals surface area contributed by atoms with Gasteiger partial charge in [-0.25, -0.2) is 14.8 Å². The molecule has 0 saturated heterocycles. The lowest BCUT2D eigenvalue weighted by molar-refractivity contribution is 0.0602. The summed E-state index contributed by atoms with van der Waals surface area (Å²) in [5.41, 5.74) is 7.32. The Kier molecular flexibility index (Phi) is 4.92. The van der Waals surface area contributed by atoms with Crippen molar-refractivity contribution in [1.82, 2.24) is 9.97 Å². The first-order chi connectivity index (χ1) is 10.7. The Balaban J connectivity index is 2.32. The van der Waals surface area contributed by atoms with Crippen molar-refractivity contribution in [2.45, 2.75) is 0 Å². The Morgan fingerprint density at radius 2 is 2.09 bits per heavy atom. The number of nitrogens with two attached hydrogens (primary N) is 1. The van der Waals surface area contributed by atoms with Crippen molar-refractivity contribution in [3.05, 3.63) is 48.8 Å². The van der Waals surface area contributed by atoms with E-state index in [9.17, 15) is 4.79 Å². The van der Waals surface area contributed by atoms with Crippen LogP contribution in [0.5, 0.6) is 0 Å². The number of nitrogens with one attached hydrogen (secondary N) is 2. The summed E-state index contributed by atoms with van der Waals surface area (Å²) in [6, 6.07) is 6.94. The summed E-state index contributed by atoms with van der Waals surface area (Å²) in [6.07, 6.45) is 3.08. The first-order valence-corrected chi connectivity index (χ1v) is 6.57. The Labute approximate surface area is 128 Å². The predicted octanol–water partition coefficient (Wildman–Crippen LogP) is 2.19. The highest BCUT2D eigenvalue weighted by Crippen LogP contribution is 2.27. The number of aromatic nitrogens is 2. The molecule has 1 aromatic heterocycles. The third-order valence-corrected chi connectivity index (χ3v) is 2.88. The van der Waals surface area contributed by atoms with Crippen molar-refractivity contribution in [2.75, 3.05) is 30.0 Å². The van der Waals surface area contributed by atoms with Crippen molar-refractivity contribution in [3.63, 3.8) is 0 Å². The third kappa shape index (κ3) is 3.32. The maximum Gasteiger partial charge on any atom is 0.339 e. The van der Waals surface area contributed by atoms with Crippen LogP contribution in [0.15, 0.2) is 43.2 Å². The van der Waals surface area contributed by atoms with Crippen LogP contribution in [0.3, 0.4) is 0 Å². The standard InChI is InChI=1S/C15H17N5O2/c1-3-8-17-13-12(16)14(19-9-18-13)20-11-7-5-4-6-10(11)15(21)22-2/h3-7,9H,1,8,16H2,2H3,(H2,17,18,19,20). The van der Waals surface area contributed by atoms with Crippen molar-refractivity contribution >= 4 is 29.0 Å². The highest BCUT2D eigenvalue weighted by Gasteiger charge is 2.14. The number of rotatable bonds is 6. The zero-order valence-corrected chi connectivity index (χ0v) is 12.2. The van der Waals surface area contributed by atoms with Crippen LogP contribution in [-0.2, 0) is 4.74 Å². The maximum atomic E-state index is 11.8. The lowest BCUT2D eigenvalue weighted by atomic mass is 10.2. The Hall–Kier alpha value is -3.09. The van der Waals surface area contributed by atoms with Crippen molar-refractivity contribution in [2.24, 2.45) is 0 Å². The molecule has 1 aromatic carbocycles. The van der Waals surface area contributed by atoms with E-state index in [1.54, 1.807) is 30.3 Å². The van der Waals surface area contributed by atoms with Gasteiger partial charge in [0.2, 0.25) is 0 Å². The number of nitrogen functional groups attached to an aromatic ring is 1. The minimum Gasteiger partial charge on any atom is -0.465 e. The molecule has 22 heavy (non-hydrogen) atoms. The average molecular weight is 299 g/mol. The van der Waals surface area contributed by atoms with E-state index in [4.69, 9.17) is 10.5 Å². The smallest absolute Gasteiger partial charge is 0.339 e. The molecule has 1 heterocycles. The monoisotopic (exact) mass is 299 g/mol. The summed E-state index contributed by atoms with van der Waals surface area (Å²) in [5, 5.41) is 6.04. The lowest BCUT2D eigenvalue weighted by Gasteiger charge is -2.13. The lowest BCUT2D eigenvalue weighted by Crippen LogP contribution is -2.10. The number of benzene rings is 1. The van der Waals surface area contributed by atoms with Crippen molar-refractivity contribution in [3.8, 4) is 0 Å². The maximum absolute atomic E-state index is 11.8. The van der Waals surface area contributed by atoms with E-state index in [0.29, 0.717) is 35.1 Å². The van der Waals surface area contributed by atoms with Gasteiger partial charge in [-0.2, -0.15) is 0 Å². The molecule has 0 aliphatic heterocycles. The zero-order chi connectivity index (χ0) is 15.9. The van der Waals surface area contributed by atoms with Crippen LogP contribution in [0.1, 0.15) is 10.4 Å². The van der Waals surface area contributed by atoms with Crippen molar-refractivity contribution in [1.29, 1.82) is 0 Å². The molecule has 7 nitrogen and oxygen atoms in total. The molecule has 0 atom stereocenters. The van der Waals surface area contributed by atoms with Gasteiger partial charge < -0.3 is 21.1 Å². The summed E-state index contributed by atoms with van der Waals surface area (Å²) in [7, 11) is 1.33. The molecule has 0 saturated carbocycles. The van der Waals surface area contributed by atoms with Crippen LogP contribution in [0.4, 0.5) is 23.0 Å². The Morgan fingerprint density at radius 3 is 2.82 bits per heavy atom. The van der Waals surface area contributed by atoms with E-state index < -0.39 is 5.97 Å². The van der Waals surface area contributed by atoms with Gasteiger partial charge in [-0.3, -0.25) is 0 Å². The molecule has 0 bridgehead atoms. The van der Waals surface area contributed by atoms with E-state index in [2.05, 4.69) is 27.2 Å². The van der Waals surface area contributed by atoms with Gasteiger partial charge >= 0.3 is 5.97 Å². The minimum absolute atomic E-state index is 0.351. The van der Waals surface area contributed by atoms with Crippen LogP contribution in [0.2, 0.25) is 0 Å². The fourth-order valence-corrected chi connectivity index (χ4v) is 1.81. The van der Waals surface area contributed by atoms with Crippen LogP contribution >= 0.6 is 0 Å². The first kappa shape index (κ1) is 15.3. The molecule has 4 N–H and O–H groups in total. The van der Waals surface area contributed by atoms with Crippen LogP contribution in [0.25, 0.3) is 0 Å². The van der Waals surface area contributed by atoms with E-state index in [1.165, 1.54) is 13.4 Å². The molecular formula is C15H17N5O2. The number of hydrogen-bond acceptors (Lipinski definition) is 7. The second-order valence-electron chi connectivity index (χ2n) is 4.32. The molecule has 2 aromatic rings. The molecular weight excluding hydrogens is 282 g/mol. The van der Waals surface area contributed by atoms with Gasteiger partial charge in [0.05, 0.1) is 18.4 Å². The Bertz CT molecular complexity index is 687. The second-order valence-corrected chi connectivity index (χ2v) is 4.32. The van der Waals surface area contributed by atoms with Crippen LogP contribution in [0, 0.1) is 0 Å². The molecule has 7 heteroatoms. The molecule has 0 amide bonds. The number of anilines is 4. The minimum atomic E-state index is -0.444. The molecule has 0 fully saturated rings. The fourth-order valence-electron chi connectivity index (χ4n) is 1.81. The van der Waals surface area contributed by atoms with Crippen LogP contribution < -0.4 is 16.4 Å². The third-order valence-electron chi connectivity index (χ3n) is 2.88. The molecule has 2 rings (SSSR count). The number of esters is 1. The van der Waals surface area contributed by atoms with E-state index >= 15 is 0 Å². The number of hydrogen-bond donors (Lipinski definition) is 3. The molecule has 0 aliphatic rings. The summed E-state index contributed by atoms with van der Waals surface area (Å²) in [5.74, 6) is 0.451. The largest absolute Gasteiger partial charge is 0.465 e. The summed E-state index contributed by atoms with van der Waals surface area (Å²) < 4.78 is 4.76. The number of carbonyl (C=O) groups is 1. The van der Waals surface area contributed by atoms with Gasteiger partial charge in [-0.15, -0.1) is 6.58 Å². The number of carbonyl (C=O) groups excluding carboxylic acids is 1. The molecule has 0 aliphatic carbocycles. The second kappa shape index (κ2) is 7.07. The van der Waals surface area contributed by atoms with Gasteiger partial charge in [0.25, 0.3) is 0 Å². The summed E-state index contributed by atoms with van der Waals surface area (Å²) in [4.78, 5) is 19.9. The predicted molar refractivity (Wildman–Crippen MR) is 86.2 cm³/mol. The van der Waals surface area contributed by atoms with Gasteiger partial charge in [0.1, 0.15) is 12.0 Å². The van der Waals surface area contributed by atoms with E-state index in [0.717, 1.165) is 0 Å². The molecule has 0 unspecified atom stereocenters. The summed E-state index contributed by atoms with van der Waals surface area (Å²) >= 11 is 0. The number of methoxy groups -OCH3 is 1. The van der Waals surface area contributed by atoms with Crippen LogP contribution in [-0.4, -0.2) is 29.6 Å². The summed E-state index contributed by atoms with van der Waals surface area (Å²) in [6.45, 7) is 4.15. The molecule has 0 radical (unpaired) electrons. The number of ether oxygens (including phenoxy) is 1. The topological polar surface area (TPSA) is 102 Å². The highest BCUT2D eigenvalue weighted by molar-refractivity contribution is 5.97. The number of nitrogens with zero attached hydrogens (tertiary/aromatic N) is 2. The number of para-hydroxylation sites is 1. The van der Waals surface area contributed by atoms with E-state index in [-0.39, 0.29) is 0 Å². The molecule has 0 spiro atoms.